The summed E-state index contributed by atoms with van der Waals surface area (Å²) in [6.07, 6.45) is 1.97. The lowest BCUT2D eigenvalue weighted by atomic mass is 10.3. The summed E-state index contributed by atoms with van der Waals surface area (Å²) in [6.45, 7) is 7.28. The zero-order chi connectivity index (χ0) is 11.8. The molecule has 0 radical (unpaired) electrons. The molecular formula is C13H19NO2. The van der Waals surface area contributed by atoms with Crippen LogP contribution in [0.2, 0.25) is 0 Å². The Kier molecular flexibility index (Phi) is 5.43. The molecule has 0 aliphatic carbocycles. The van der Waals surface area contributed by atoms with Crippen LogP contribution in [0.4, 0.5) is 0 Å². The molecule has 0 heterocycles. The molecule has 3 nitrogen and oxygen atoms in total. The van der Waals surface area contributed by atoms with Crippen molar-refractivity contribution < 1.29 is 9.47 Å². The molecule has 1 aromatic carbocycles. The summed E-state index contributed by atoms with van der Waals surface area (Å²) < 4.78 is 10.8. The van der Waals surface area contributed by atoms with Gasteiger partial charge in [0.25, 0.3) is 0 Å². The van der Waals surface area contributed by atoms with Crippen LogP contribution in [-0.4, -0.2) is 26.3 Å². The third-order valence-electron chi connectivity index (χ3n) is 2.12. The molecule has 0 fully saturated rings. The van der Waals surface area contributed by atoms with E-state index in [1.165, 1.54) is 0 Å². The zero-order valence-electron chi connectivity index (χ0n) is 9.90. The van der Waals surface area contributed by atoms with E-state index in [0.717, 1.165) is 24.6 Å². The van der Waals surface area contributed by atoms with Gasteiger partial charge in [-0.1, -0.05) is 6.08 Å². The summed E-state index contributed by atoms with van der Waals surface area (Å²) >= 11 is 0. The number of nitrogens with one attached hydrogen (secondary N) is 1. The second-order valence-corrected chi connectivity index (χ2v) is 3.55. The van der Waals surface area contributed by atoms with E-state index in [9.17, 15) is 0 Å². The van der Waals surface area contributed by atoms with Crippen molar-refractivity contribution in [2.45, 2.75) is 13.0 Å². The van der Waals surface area contributed by atoms with Crippen molar-refractivity contribution in [3.05, 3.63) is 36.9 Å². The molecule has 1 unspecified atom stereocenters. The molecule has 0 amide bonds. The first-order valence-electron chi connectivity index (χ1n) is 5.38. The number of rotatable bonds is 7. The highest BCUT2D eigenvalue weighted by atomic mass is 16.5. The maximum absolute atomic E-state index is 5.71. The highest BCUT2D eigenvalue weighted by Crippen LogP contribution is 2.17. The standard InChI is InChI=1S/C13H19NO2/c1-4-9-14-10-11(2)16-13-7-5-12(15-3)6-8-13/h4-8,11,14H,1,9-10H2,2-3H3. The largest absolute Gasteiger partial charge is 0.497 e. The Morgan fingerprint density at radius 2 is 1.94 bits per heavy atom. The van der Waals surface area contributed by atoms with E-state index in [-0.39, 0.29) is 6.10 Å². The van der Waals surface area contributed by atoms with Gasteiger partial charge in [0.2, 0.25) is 0 Å². The van der Waals surface area contributed by atoms with Gasteiger partial charge < -0.3 is 14.8 Å². The molecule has 0 spiro atoms. The molecule has 0 saturated carbocycles. The van der Waals surface area contributed by atoms with Gasteiger partial charge in [-0.3, -0.25) is 0 Å². The molecule has 1 aromatic rings. The molecule has 0 aliphatic rings. The highest BCUT2D eigenvalue weighted by Gasteiger charge is 2.02. The predicted molar refractivity (Wildman–Crippen MR) is 66.2 cm³/mol. The molecule has 1 atom stereocenters. The fourth-order valence-corrected chi connectivity index (χ4v) is 1.32. The van der Waals surface area contributed by atoms with Gasteiger partial charge in [-0.25, -0.2) is 0 Å². The van der Waals surface area contributed by atoms with Crippen LogP contribution in [0.3, 0.4) is 0 Å². The molecule has 16 heavy (non-hydrogen) atoms. The number of hydrogen-bond donors (Lipinski definition) is 1. The van der Waals surface area contributed by atoms with Gasteiger partial charge in [0.05, 0.1) is 7.11 Å². The molecule has 3 heteroatoms. The number of ether oxygens (including phenoxy) is 2. The van der Waals surface area contributed by atoms with Gasteiger partial charge in [-0.2, -0.15) is 0 Å². The van der Waals surface area contributed by atoms with E-state index in [4.69, 9.17) is 9.47 Å². The third kappa shape index (κ3) is 4.36. The van der Waals surface area contributed by atoms with E-state index in [1.54, 1.807) is 7.11 Å². The Hall–Kier alpha value is -1.48. The smallest absolute Gasteiger partial charge is 0.120 e. The summed E-state index contributed by atoms with van der Waals surface area (Å²) in [5, 5.41) is 3.21. The molecule has 1 rings (SSSR count). The second kappa shape index (κ2) is 6.90. The Bertz CT molecular complexity index is 308. The van der Waals surface area contributed by atoms with Crippen LogP contribution in [-0.2, 0) is 0 Å². The van der Waals surface area contributed by atoms with Gasteiger partial charge in [-0.05, 0) is 31.2 Å². The van der Waals surface area contributed by atoms with Crippen LogP contribution in [0.15, 0.2) is 36.9 Å². The first-order chi connectivity index (χ1) is 7.76. The molecule has 1 N–H and O–H groups in total. The first kappa shape index (κ1) is 12.6. The van der Waals surface area contributed by atoms with Gasteiger partial charge in [-0.15, -0.1) is 6.58 Å². The lowest BCUT2D eigenvalue weighted by molar-refractivity contribution is 0.219. The van der Waals surface area contributed by atoms with Crippen LogP contribution in [0.5, 0.6) is 11.5 Å². The van der Waals surface area contributed by atoms with Crippen molar-refractivity contribution in [3.63, 3.8) is 0 Å². The molecule has 0 bridgehead atoms. The summed E-state index contributed by atoms with van der Waals surface area (Å²) in [5.74, 6) is 1.69. The third-order valence-corrected chi connectivity index (χ3v) is 2.12. The quantitative estimate of drug-likeness (QED) is 0.566. The molecule has 0 aromatic heterocycles. The number of methoxy groups -OCH3 is 1. The van der Waals surface area contributed by atoms with E-state index >= 15 is 0 Å². The van der Waals surface area contributed by atoms with E-state index in [2.05, 4.69) is 11.9 Å². The SMILES string of the molecule is C=CCNCC(C)Oc1ccc(OC)cc1. The van der Waals surface area contributed by atoms with Gasteiger partial charge in [0, 0.05) is 13.1 Å². The average molecular weight is 221 g/mol. The van der Waals surface area contributed by atoms with Crippen molar-refractivity contribution in [1.82, 2.24) is 5.32 Å². The molecular weight excluding hydrogens is 202 g/mol. The fourth-order valence-electron chi connectivity index (χ4n) is 1.32. The van der Waals surface area contributed by atoms with Gasteiger partial charge in [0.15, 0.2) is 0 Å². The van der Waals surface area contributed by atoms with Crippen LogP contribution in [0.25, 0.3) is 0 Å². The monoisotopic (exact) mass is 221 g/mol. The summed E-state index contributed by atoms with van der Waals surface area (Å²) in [5.41, 5.74) is 0. The maximum Gasteiger partial charge on any atom is 0.120 e. The lowest BCUT2D eigenvalue weighted by Crippen LogP contribution is -2.28. The van der Waals surface area contributed by atoms with Crippen molar-refractivity contribution in [1.29, 1.82) is 0 Å². The van der Waals surface area contributed by atoms with Crippen molar-refractivity contribution >= 4 is 0 Å². The van der Waals surface area contributed by atoms with Crippen LogP contribution in [0.1, 0.15) is 6.92 Å². The van der Waals surface area contributed by atoms with Crippen LogP contribution >= 0.6 is 0 Å². The lowest BCUT2D eigenvalue weighted by Gasteiger charge is -2.15. The molecule has 0 saturated heterocycles. The minimum absolute atomic E-state index is 0.133. The van der Waals surface area contributed by atoms with Gasteiger partial charge >= 0.3 is 0 Å². The van der Waals surface area contributed by atoms with Crippen molar-refractivity contribution in [2.24, 2.45) is 0 Å². The minimum atomic E-state index is 0.133. The maximum atomic E-state index is 5.71. The number of hydrogen-bond acceptors (Lipinski definition) is 3. The Labute approximate surface area is 97.1 Å². The van der Waals surface area contributed by atoms with E-state index in [0.29, 0.717) is 0 Å². The van der Waals surface area contributed by atoms with Gasteiger partial charge in [0.1, 0.15) is 17.6 Å². The summed E-state index contributed by atoms with van der Waals surface area (Å²) in [4.78, 5) is 0. The topological polar surface area (TPSA) is 30.5 Å². The average Bonchev–Trinajstić information content (AvgIpc) is 2.30. The van der Waals surface area contributed by atoms with Crippen LogP contribution in [0, 0.1) is 0 Å². The molecule has 88 valence electrons. The Balaban J connectivity index is 2.37. The predicted octanol–water partition coefficient (Wildman–Crippen LogP) is 2.24. The normalized spacial score (nSPS) is 11.9. The Morgan fingerprint density at radius 3 is 2.50 bits per heavy atom. The fraction of sp³-hybridized carbons (Fsp3) is 0.385. The minimum Gasteiger partial charge on any atom is -0.497 e. The van der Waals surface area contributed by atoms with E-state index in [1.807, 2.05) is 37.3 Å². The first-order valence-corrected chi connectivity index (χ1v) is 5.38. The summed E-state index contributed by atoms with van der Waals surface area (Å²) in [6, 6.07) is 7.59. The Morgan fingerprint density at radius 1 is 1.31 bits per heavy atom. The van der Waals surface area contributed by atoms with Crippen LogP contribution < -0.4 is 14.8 Å². The molecule has 0 aliphatic heterocycles. The highest BCUT2D eigenvalue weighted by molar-refractivity contribution is 5.31. The van der Waals surface area contributed by atoms with Crippen molar-refractivity contribution in [2.75, 3.05) is 20.2 Å². The summed E-state index contributed by atoms with van der Waals surface area (Å²) in [7, 11) is 1.65. The second-order valence-electron chi connectivity index (χ2n) is 3.55. The van der Waals surface area contributed by atoms with Crippen molar-refractivity contribution in [3.8, 4) is 11.5 Å². The number of benzene rings is 1. The zero-order valence-corrected chi connectivity index (χ0v) is 9.90. The van der Waals surface area contributed by atoms with E-state index < -0.39 is 0 Å².